The minimum absolute atomic E-state index is 0.0275. The van der Waals surface area contributed by atoms with Crippen LogP contribution in [0.25, 0.3) is 6.08 Å². The molecule has 3 aromatic rings. The number of hydrogen-bond acceptors (Lipinski definition) is 5. The number of methoxy groups -OCH3 is 1. The van der Waals surface area contributed by atoms with Crippen molar-refractivity contribution >= 4 is 29.5 Å². The zero-order valence-corrected chi connectivity index (χ0v) is 21.3. The van der Waals surface area contributed by atoms with E-state index in [0.717, 1.165) is 27.3 Å². The fourth-order valence-corrected chi connectivity index (χ4v) is 4.16. The van der Waals surface area contributed by atoms with Crippen LogP contribution >= 0.6 is 11.6 Å². The molecule has 186 valence electrons. The highest BCUT2D eigenvalue weighted by Gasteiger charge is 2.35. The molecule has 2 amide bonds. The molecule has 7 heteroatoms. The van der Waals surface area contributed by atoms with Crippen molar-refractivity contribution in [2.45, 2.75) is 20.0 Å². The van der Waals surface area contributed by atoms with E-state index in [2.05, 4.69) is 0 Å². The Kier molecular flexibility index (Phi) is 8.07. The largest absolute Gasteiger partial charge is 0.497 e. The maximum atomic E-state index is 13.3. The van der Waals surface area contributed by atoms with Crippen molar-refractivity contribution in [2.75, 3.05) is 13.7 Å². The number of imide groups is 1. The smallest absolute Gasteiger partial charge is 0.271 e. The van der Waals surface area contributed by atoms with E-state index in [9.17, 15) is 14.9 Å². The van der Waals surface area contributed by atoms with Crippen LogP contribution in [0.1, 0.15) is 23.6 Å². The normalized spacial score (nSPS) is 14.6. The van der Waals surface area contributed by atoms with Crippen molar-refractivity contribution in [1.29, 1.82) is 5.26 Å². The first-order valence-corrected chi connectivity index (χ1v) is 12.1. The highest BCUT2D eigenvalue weighted by molar-refractivity contribution is 6.31. The Morgan fingerprint density at radius 2 is 1.62 bits per heavy atom. The number of rotatable bonds is 8. The van der Waals surface area contributed by atoms with Crippen molar-refractivity contribution in [2.24, 2.45) is 0 Å². The van der Waals surface area contributed by atoms with Gasteiger partial charge in [0.15, 0.2) is 0 Å². The van der Waals surface area contributed by atoms with Crippen molar-refractivity contribution < 1.29 is 19.1 Å². The highest BCUT2D eigenvalue weighted by Crippen LogP contribution is 2.28. The summed E-state index contributed by atoms with van der Waals surface area (Å²) in [5, 5.41) is 10.3. The lowest BCUT2D eigenvalue weighted by Gasteiger charge is -2.27. The summed E-state index contributed by atoms with van der Waals surface area (Å²) in [4.78, 5) is 27.4. The van der Waals surface area contributed by atoms with Gasteiger partial charge in [-0.25, -0.2) is 0 Å². The molecule has 1 aliphatic rings. The van der Waals surface area contributed by atoms with Gasteiger partial charge < -0.3 is 9.47 Å². The van der Waals surface area contributed by atoms with E-state index in [4.69, 9.17) is 21.1 Å². The number of nitriles is 1. The van der Waals surface area contributed by atoms with Crippen LogP contribution in [0.15, 0.2) is 89.5 Å². The molecule has 0 N–H and O–H groups in total. The average molecular weight is 513 g/mol. The number of nitrogens with zero attached hydrogens (tertiary/aromatic N) is 2. The fraction of sp³-hybridized carbons (Fsp3) is 0.167. The lowest BCUT2D eigenvalue weighted by molar-refractivity contribution is -0.140. The topological polar surface area (TPSA) is 79.6 Å². The summed E-state index contributed by atoms with van der Waals surface area (Å²) >= 11 is 6.19. The maximum absolute atomic E-state index is 13.3. The van der Waals surface area contributed by atoms with E-state index in [1.165, 1.54) is 0 Å². The molecule has 0 spiro atoms. The lowest BCUT2D eigenvalue weighted by atomic mass is 9.93. The van der Waals surface area contributed by atoms with Crippen LogP contribution in [0, 0.1) is 11.3 Å². The molecule has 1 aliphatic heterocycles. The molecular weight excluding hydrogens is 488 g/mol. The predicted molar refractivity (Wildman–Crippen MR) is 142 cm³/mol. The van der Waals surface area contributed by atoms with Gasteiger partial charge in [0.2, 0.25) is 0 Å². The Bertz CT molecular complexity index is 1420. The summed E-state index contributed by atoms with van der Waals surface area (Å²) in [6.45, 7) is 2.12. The molecule has 0 aromatic heterocycles. The quantitative estimate of drug-likeness (QED) is 0.283. The third-order valence-corrected chi connectivity index (χ3v) is 6.52. The van der Waals surface area contributed by atoms with Gasteiger partial charge in [-0.15, -0.1) is 0 Å². The van der Waals surface area contributed by atoms with E-state index in [1.807, 2.05) is 66.7 Å². The van der Waals surface area contributed by atoms with Crippen LogP contribution in [-0.4, -0.2) is 30.4 Å². The molecule has 37 heavy (non-hydrogen) atoms. The molecule has 0 aliphatic carbocycles. The summed E-state index contributed by atoms with van der Waals surface area (Å²) in [5.41, 5.74) is 3.24. The van der Waals surface area contributed by atoms with Gasteiger partial charge in [-0.1, -0.05) is 54.1 Å². The zero-order chi connectivity index (χ0) is 26.4. The molecule has 1 heterocycles. The molecular formula is C30H25ClN2O4. The van der Waals surface area contributed by atoms with Crippen LogP contribution in [0.5, 0.6) is 11.5 Å². The second kappa shape index (κ2) is 11.6. The minimum atomic E-state index is -0.570. The number of halogens is 1. The second-order valence-electron chi connectivity index (χ2n) is 8.48. The van der Waals surface area contributed by atoms with Crippen LogP contribution in [0.2, 0.25) is 5.02 Å². The number of hydrogen-bond donors (Lipinski definition) is 0. The van der Waals surface area contributed by atoms with Crippen LogP contribution in [0.3, 0.4) is 0 Å². The van der Waals surface area contributed by atoms with Crippen LogP contribution < -0.4 is 9.47 Å². The Morgan fingerprint density at radius 1 is 0.946 bits per heavy atom. The Hall–Kier alpha value is -4.34. The number of carbonyl (C=O) groups is 2. The van der Waals surface area contributed by atoms with Crippen molar-refractivity contribution in [3.05, 3.63) is 111 Å². The third-order valence-electron chi connectivity index (χ3n) is 6.15. The third kappa shape index (κ3) is 5.91. The first-order valence-electron chi connectivity index (χ1n) is 11.7. The van der Waals surface area contributed by atoms with E-state index >= 15 is 0 Å². The van der Waals surface area contributed by atoms with Crippen molar-refractivity contribution in [1.82, 2.24) is 4.90 Å². The van der Waals surface area contributed by atoms with Gasteiger partial charge in [-0.2, -0.15) is 5.26 Å². The summed E-state index contributed by atoms with van der Waals surface area (Å²) in [6, 6.07) is 24.1. The molecule has 0 saturated heterocycles. The summed E-state index contributed by atoms with van der Waals surface area (Å²) in [5.74, 6) is 0.385. The zero-order valence-electron chi connectivity index (χ0n) is 20.5. The van der Waals surface area contributed by atoms with E-state index < -0.39 is 11.8 Å². The van der Waals surface area contributed by atoms with Crippen molar-refractivity contribution in [3.63, 3.8) is 0 Å². The molecule has 0 atom stereocenters. The predicted octanol–water partition coefficient (Wildman–Crippen LogP) is 5.76. The summed E-state index contributed by atoms with van der Waals surface area (Å²) in [6.07, 6.45) is 2.16. The Balaban J connectivity index is 1.51. The average Bonchev–Trinajstić information content (AvgIpc) is 2.92. The number of ether oxygens (including phenoxy) is 2. The van der Waals surface area contributed by atoms with Gasteiger partial charge in [0.25, 0.3) is 11.8 Å². The summed E-state index contributed by atoms with van der Waals surface area (Å²) in [7, 11) is 1.59. The van der Waals surface area contributed by atoms with E-state index in [1.54, 1.807) is 32.2 Å². The van der Waals surface area contributed by atoms with Gasteiger partial charge >= 0.3 is 0 Å². The molecule has 0 saturated carbocycles. The van der Waals surface area contributed by atoms with Gasteiger partial charge in [0.05, 0.1) is 7.11 Å². The molecule has 6 nitrogen and oxygen atoms in total. The minimum Gasteiger partial charge on any atom is -0.497 e. The molecule has 0 fully saturated rings. The van der Waals surface area contributed by atoms with E-state index in [0.29, 0.717) is 34.9 Å². The highest BCUT2D eigenvalue weighted by atomic mass is 35.5. The van der Waals surface area contributed by atoms with Gasteiger partial charge in [0, 0.05) is 22.7 Å². The number of amides is 2. The van der Waals surface area contributed by atoms with Gasteiger partial charge in [0.1, 0.15) is 29.7 Å². The van der Waals surface area contributed by atoms with Crippen LogP contribution in [-0.2, 0) is 22.6 Å². The van der Waals surface area contributed by atoms with Crippen LogP contribution in [0.4, 0.5) is 0 Å². The van der Waals surface area contributed by atoms with Gasteiger partial charge in [-0.3, -0.25) is 14.5 Å². The second-order valence-corrected chi connectivity index (χ2v) is 8.89. The molecule has 4 rings (SSSR count). The fourth-order valence-electron chi connectivity index (χ4n) is 3.97. The SMILES string of the molecule is COc1ccc(CCN2C(=O)C(C#N)=C(C)/C(=C\c3ccc(OCc4ccccc4Cl)cc3)C2=O)cc1. The molecule has 0 radical (unpaired) electrons. The Labute approximate surface area is 221 Å². The first-order chi connectivity index (χ1) is 17.9. The molecule has 3 aromatic carbocycles. The standard InChI is InChI=1S/C30H25ClN2O4/c1-20-26(17-22-9-13-25(14-10-22)37-19-23-5-3-4-6-28(23)31)29(34)33(30(35)27(20)18-32)16-15-21-7-11-24(36-2)12-8-21/h3-14,17H,15-16,19H2,1-2H3/b26-17+. The maximum Gasteiger partial charge on any atom is 0.271 e. The van der Waals surface area contributed by atoms with Crippen molar-refractivity contribution in [3.8, 4) is 17.6 Å². The first kappa shape index (κ1) is 25.7. The monoisotopic (exact) mass is 512 g/mol. The summed E-state index contributed by atoms with van der Waals surface area (Å²) < 4.78 is 11.0. The van der Waals surface area contributed by atoms with E-state index in [-0.39, 0.29) is 12.1 Å². The number of benzene rings is 3. The van der Waals surface area contributed by atoms with Gasteiger partial charge in [-0.05, 0) is 66.5 Å². The molecule has 0 unspecified atom stereocenters. The Morgan fingerprint density at radius 3 is 2.27 bits per heavy atom. The molecule has 0 bridgehead atoms. The lowest BCUT2D eigenvalue weighted by Crippen LogP contribution is -2.43. The number of carbonyl (C=O) groups excluding carboxylic acids is 2.